The van der Waals surface area contributed by atoms with E-state index in [-0.39, 0.29) is 17.5 Å². The number of nitro groups is 1. The number of hydrogen-bond acceptors (Lipinski definition) is 11. The summed E-state index contributed by atoms with van der Waals surface area (Å²) in [4.78, 5) is 34.9. The maximum Gasteiger partial charge on any atom is 0.433 e. The number of anilines is 3. The molecule has 1 fully saturated rings. The van der Waals surface area contributed by atoms with Gasteiger partial charge in [-0.05, 0) is 48.6 Å². The molecule has 14 heteroatoms. The Morgan fingerprint density at radius 3 is 2.63 bits per heavy atom. The van der Waals surface area contributed by atoms with E-state index >= 15 is 4.39 Å². The van der Waals surface area contributed by atoms with Gasteiger partial charge < -0.3 is 29.2 Å². The van der Waals surface area contributed by atoms with E-state index in [1.165, 1.54) is 30.4 Å². The zero-order valence-corrected chi connectivity index (χ0v) is 20.7. The summed E-state index contributed by atoms with van der Waals surface area (Å²) in [6, 6.07) is 12.5. The van der Waals surface area contributed by atoms with E-state index in [4.69, 9.17) is 18.9 Å². The maximum absolute atomic E-state index is 15.2. The van der Waals surface area contributed by atoms with Crippen molar-refractivity contribution in [2.75, 3.05) is 36.5 Å². The average molecular weight is 541 g/mol. The molecule has 4 aromatic rings. The largest absolute Gasteiger partial charge is 0.433 e. The summed E-state index contributed by atoms with van der Waals surface area (Å²) in [6.07, 6.45) is 3.01. The lowest BCUT2D eigenvalue weighted by Crippen LogP contribution is -2.36. The Morgan fingerprint density at radius 2 is 1.92 bits per heavy atom. The van der Waals surface area contributed by atoms with Crippen molar-refractivity contribution >= 4 is 55.2 Å². The Labute approximate surface area is 216 Å². The second-order valence-corrected chi connectivity index (χ2v) is 8.37. The Bertz CT molecular complexity index is 1480. The number of hydrogen-bond donors (Lipinski definition) is 2. The zero-order chi connectivity index (χ0) is 26.5. The monoisotopic (exact) mass is 541 g/mol. The number of morpholine rings is 1. The Hall–Kier alpha value is -4.16. The molecule has 196 valence electrons. The van der Waals surface area contributed by atoms with Gasteiger partial charge in [0.05, 0.1) is 30.5 Å². The molecule has 1 unspecified atom stereocenters. The fourth-order valence-electron chi connectivity index (χ4n) is 3.86. The minimum Gasteiger partial charge on any atom is -0.401 e. The molecule has 1 saturated heterocycles. The van der Waals surface area contributed by atoms with E-state index in [0.29, 0.717) is 60.1 Å². The molecule has 3 heterocycles. The van der Waals surface area contributed by atoms with Crippen LogP contribution in [0.4, 0.5) is 27.5 Å². The molecule has 12 nitrogen and oxygen atoms in total. The summed E-state index contributed by atoms with van der Waals surface area (Å²) in [7, 11) is -0.810. The van der Waals surface area contributed by atoms with Gasteiger partial charge in [-0.15, -0.1) is 4.67 Å². The van der Waals surface area contributed by atoms with E-state index in [9.17, 15) is 10.1 Å². The van der Waals surface area contributed by atoms with Crippen LogP contribution < -0.4 is 15.1 Å². The number of fused-ring (bicyclic) bond motifs is 1. The number of benzene rings is 2. The third kappa shape index (κ3) is 5.87. The highest BCUT2D eigenvalue weighted by Crippen LogP contribution is 2.32. The molecule has 1 aliphatic rings. The number of halogens is 1. The molecule has 2 aromatic carbocycles. The molecule has 1 atom stereocenters. The Balaban J connectivity index is 1.52. The van der Waals surface area contributed by atoms with Gasteiger partial charge in [-0.3, -0.25) is 10.1 Å². The quantitative estimate of drug-likeness (QED) is 0.130. The van der Waals surface area contributed by atoms with Crippen LogP contribution in [-0.4, -0.2) is 46.1 Å². The summed E-state index contributed by atoms with van der Waals surface area (Å²) in [5, 5.41) is 14.7. The SMILES string of the molecule is O=[N+]([O-])c1ccc(/C=C/c2nc(Nc3ccc(OOPO)cc3)c3cc(N4CCOCC4)c(F)cc3n2)o1. The fourth-order valence-corrected chi connectivity index (χ4v) is 3.99. The number of nitrogens with one attached hydrogen (secondary N) is 1. The highest BCUT2D eigenvalue weighted by molar-refractivity contribution is 7.24. The van der Waals surface area contributed by atoms with Crippen LogP contribution in [0.15, 0.2) is 52.9 Å². The molecule has 5 rings (SSSR count). The molecule has 1 aliphatic heterocycles. The standard InChI is InChI=1S/C24H21FN5O7P/c25-19-14-20-18(13-21(19)29-9-11-34-12-10-29)24(26-15-1-3-17(4-2-15)36-37-38-33)28-22(27-20)7-5-16-6-8-23(35-16)30(31)32/h1-8,13-14,33,38H,9-12H2,(H,26,27,28)/b7-5+. The van der Waals surface area contributed by atoms with E-state index in [1.54, 1.807) is 30.3 Å². The first-order valence-electron chi connectivity index (χ1n) is 11.4. The number of furan rings is 1. The Morgan fingerprint density at radius 1 is 1.13 bits per heavy atom. The predicted molar refractivity (Wildman–Crippen MR) is 139 cm³/mol. The molecule has 0 amide bonds. The van der Waals surface area contributed by atoms with E-state index in [1.807, 2.05) is 4.90 Å². The maximum atomic E-state index is 15.2. The van der Waals surface area contributed by atoms with Crippen LogP contribution in [0.5, 0.6) is 5.75 Å². The zero-order valence-electron chi connectivity index (χ0n) is 19.7. The van der Waals surface area contributed by atoms with Gasteiger partial charge in [-0.1, -0.05) is 0 Å². The highest BCUT2D eigenvalue weighted by Gasteiger charge is 2.19. The van der Waals surface area contributed by atoms with Gasteiger partial charge in [0.15, 0.2) is 11.6 Å². The summed E-state index contributed by atoms with van der Waals surface area (Å²) in [6.45, 7) is 2.12. The lowest BCUT2D eigenvalue weighted by Gasteiger charge is -2.29. The van der Waals surface area contributed by atoms with Crippen LogP contribution in [0.3, 0.4) is 0 Å². The average Bonchev–Trinajstić information content (AvgIpc) is 3.41. The molecule has 0 saturated carbocycles. The smallest absolute Gasteiger partial charge is 0.401 e. The number of ether oxygens (including phenoxy) is 1. The van der Waals surface area contributed by atoms with Crippen molar-refractivity contribution in [1.82, 2.24) is 9.97 Å². The van der Waals surface area contributed by atoms with Gasteiger partial charge in [0.25, 0.3) is 0 Å². The Kier molecular flexibility index (Phi) is 7.70. The van der Waals surface area contributed by atoms with Gasteiger partial charge >= 0.3 is 5.88 Å². The van der Waals surface area contributed by atoms with Crippen molar-refractivity contribution in [3.8, 4) is 5.75 Å². The molecule has 0 spiro atoms. The summed E-state index contributed by atoms with van der Waals surface area (Å²) in [5.41, 5.74) is 1.43. The van der Waals surface area contributed by atoms with Crippen LogP contribution >= 0.6 is 9.03 Å². The molecule has 0 radical (unpaired) electrons. The first-order valence-corrected chi connectivity index (χ1v) is 12.2. The summed E-state index contributed by atoms with van der Waals surface area (Å²) >= 11 is 0. The molecule has 38 heavy (non-hydrogen) atoms. The van der Waals surface area contributed by atoms with Crippen molar-refractivity contribution < 1.29 is 32.9 Å². The minimum atomic E-state index is -0.810. The van der Waals surface area contributed by atoms with Crippen LogP contribution in [0.1, 0.15) is 11.6 Å². The van der Waals surface area contributed by atoms with Gasteiger partial charge in [-0.2, -0.15) is 0 Å². The third-order valence-corrected chi connectivity index (χ3v) is 5.77. The van der Waals surface area contributed by atoms with Crippen molar-refractivity contribution in [2.45, 2.75) is 0 Å². The van der Waals surface area contributed by atoms with E-state index in [0.717, 1.165) is 0 Å². The molecular formula is C24H21FN5O7P. The second-order valence-electron chi connectivity index (χ2n) is 8.02. The van der Waals surface area contributed by atoms with Crippen LogP contribution in [-0.2, 0) is 9.41 Å². The summed E-state index contributed by atoms with van der Waals surface area (Å²) in [5.74, 6) is 0.460. The lowest BCUT2D eigenvalue weighted by atomic mass is 10.1. The second kappa shape index (κ2) is 11.5. The van der Waals surface area contributed by atoms with Gasteiger partial charge in [0, 0.05) is 30.2 Å². The van der Waals surface area contributed by atoms with E-state index < -0.39 is 19.8 Å². The highest BCUT2D eigenvalue weighted by atomic mass is 31.1. The summed E-state index contributed by atoms with van der Waals surface area (Å²) < 4.78 is 30.3. The molecule has 2 N–H and O–H groups in total. The van der Waals surface area contributed by atoms with Crippen LogP contribution in [0, 0.1) is 15.9 Å². The van der Waals surface area contributed by atoms with Gasteiger partial charge in [0.2, 0.25) is 9.03 Å². The molecular weight excluding hydrogens is 520 g/mol. The molecule has 2 aromatic heterocycles. The fraction of sp³-hybridized carbons (Fsp3) is 0.167. The molecule has 0 bridgehead atoms. The van der Waals surface area contributed by atoms with Gasteiger partial charge in [-0.25, -0.2) is 14.4 Å². The number of aromatic nitrogens is 2. The third-order valence-electron chi connectivity index (χ3n) is 5.61. The minimum absolute atomic E-state index is 0.231. The van der Waals surface area contributed by atoms with Gasteiger partial charge in [0.1, 0.15) is 22.3 Å². The molecule has 0 aliphatic carbocycles. The normalized spacial score (nSPS) is 14.1. The van der Waals surface area contributed by atoms with Crippen LogP contribution in [0.25, 0.3) is 23.1 Å². The van der Waals surface area contributed by atoms with E-state index in [2.05, 4.69) is 20.0 Å². The number of nitrogens with zero attached hydrogens (tertiary/aromatic N) is 4. The van der Waals surface area contributed by atoms with Crippen molar-refractivity contribution in [3.05, 3.63) is 76.0 Å². The van der Waals surface area contributed by atoms with Crippen molar-refractivity contribution in [2.24, 2.45) is 0 Å². The first kappa shape index (κ1) is 25.5. The van der Waals surface area contributed by atoms with Crippen LogP contribution in [0.2, 0.25) is 0 Å². The van der Waals surface area contributed by atoms with Crippen molar-refractivity contribution in [1.29, 1.82) is 0 Å². The topological polar surface area (TPSA) is 145 Å². The number of rotatable bonds is 9. The predicted octanol–water partition coefficient (Wildman–Crippen LogP) is 4.83. The van der Waals surface area contributed by atoms with Crippen molar-refractivity contribution in [3.63, 3.8) is 0 Å². The first-order chi connectivity index (χ1) is 18.5. The lowest BCUT2D eigenvalue weighted by molar-refractivity contribution is -0.402.